The molecule has 1 atom stereocenters. The molecule has 2 rings (SSSR count). The fraction of sp³-hybridized carbons (Fsp3) is 0.455. The van der Waals surface area contributed by atoms with E-state index in [1.165, 1.54) is 22.3 Å². The highest BCUT2D eigenvalue weighted by Crippen LogP contribution is 2.38. The van der Waals surface area contributed by atoms with E-state index in [9.17, 15) is 0 Å². The molecule has 0 aliphatic heterocycles. The maximum Gasteiger partial charge on any atom is 0.0591 e. The molecule has 0 fully saturated rings. The predicted molar refractivity (Wildman–Crippen MR) is 52.8 cm³/mol. The Kier molecular flexibility index (Phi) is 1.88. The van der Waals surface area contributed by atoms with Gasteiger partial charge in [0.2, 0.25) is 0 Å². The Bertz CT molecular complexity index is 315. The van der Waals surface area contributed by atoms with Crippen molar-refractivity contribution in [2.24, 2.45) is 0 Å². The summed E-state index contributed by atoms with van der Waals surface area (Å²) < 4.78 is 0. The fourth-order valence-corrected chi connectivity index (χ4v) is 2.26. The van der Waals surface area contributed by atoms with Crippen molar-refractivity contribution in [1.82, 2.24) is 0 Å². The van der Waals surface area contributed by atoms with Gasteiger partial charge in [0.15, 0.2) is 0 Å². The molecular formula is C11H13Cl. The molecule has 1 aliphatic rings. The smallest absolute Gasteiger partial charge is 0.0591 e. The van der Waals surface area contributed by atoms with Crippen molar-refractivity contribution in [3.05, 3.63) is 34.4 Å². The molecule has 12 heavy (non-hydrogen) atoms. The van der Waals surface area contributed by atoms with Gasteiger partial charge in [-0.3, -0.25) is 0 Å². The normalized spacial score (nSPS) is 21.1. The molecule has 0 saturated carbocycles. The van der Waals surface area contributed by atoms with Crippen LogP contribution in [0.3, 0.4) is 0 Å². The van der Waals surface area contributed by atoms with Crippen molar-refractivity contribution in [2.45, 2.75) is 32.1 Å². The Morgan fingerprint density at radius 2 is 2.08 bits per heavy atom. The van der Waals surface area contributed by atoms with E-state index in [1.54, 1.807) is 0 Å². The molecule has 0 heterocycles. The lowest BCUT2D eigenvalue weighted by molar-refractivity contribution is 0.880. The molecule has 0 amide bonds. The Morgan fingerprint density at radius 3 is 2.83 bits per heavy atom. The number of alkyl halides is 1. The maximum absolute atomic E-state index is 6.17. The van der Waals surface area contributed by atoms with Crippen LogP contribution in [0, 0.1) is 13.8 Å². The van der Waals surface area contributed by atoms with Gasteiger partial charge in [0.05, 0.1) is 5.38 Å². The molecule has 0 N–H and O–H groups in total. The highest BCUT2D eigenvalue weighted by atomic mass is 35.5. The Balaban J connectivity index is 2.60. The van der Waals surface area contributed by atoms with Crippen molar-refractivity contribution in [2.75, 3.05) is 0 Å². The van der Waals surface area contributed by atoms with Crippen molar-refractivity contribution in [1.29, 1.82) is 0 Å². The van der Waals surface area contributed by atoms with E-state index in [4.69, 9.17) is 11.6 Å². The van der Waals surface area contributed by atoms with Gasteiger partial charge in [-0.05, 0) is 48.9 Å². The lowest BCUT2D eigenvalue weighted by Crippen LogP contribution is -1.90. The molecule has 0 spiro atoms. The van der Waals surface area contributed by atoms with Crippen LogP contribution in [0.25, 0.3) is 0 Å². The zero-order valence-corrected chi connectivity index (χ0v) is 8.28. The van der Waals surface area contributed by atoms with E-state index in [-0.39, 0.29) is 5.38 Å². The number of benzene rings is 1. The summed E-state index contributed by atoms with van der Waals surface area (Å²) in [5.41, 5.74) is 5.69. The molecule has 1 unspecified atom stereocenters. The maximum atomic E-state index is 6.17. The van der Waals surface area contributed by atoms with Gasteiger partial charge in [0.25, 0.3) is 0 Å². The number of aryl methyl sites for hydroxylation is 1. The van der Waals surface area contributed by atoms with E-state index < -0.39 is 0 Å². The molecule has 0 radical (unpaired) electrons. The van der Waals surface area contributed by atoms with Crippen LogP contribution < -0.4 is 0 Å². The van der Waals surface area contributed by atoms with Gasteiger partial charge in [0, 0.05) is 0 Å². The molecule has 0 saturated heterocycles. The average Bonchev–Trinajstić information content (AvgIpc) is 2.41. The van der Waals surface area contributed by atoms with Gasteiger partial charge >= 0.3 is 0 Å². The van der Waals surface area contributed by atoms with Gasteiger partial charge in [-0.1, -0.05) is 12.1 Å². The highest BCUT2D eigenvalue weighted by Gasteiger charge is 2.21. The van der Waals surface area contributed by atoms with Crippen molar-refractivity contribution < 1.29 is 0 Å². The van der Waals surface area contributed by atoms with Crippen LogP contribution in [0.2, 0.25) is 0 Å². The molecule has 0 aromatic heterocycles. The summed E-state index contributed by atoms with van der Waals surface area (Å²) >= 11 is 6.17. The topological polar surface area (TPSA) is 0 Å². The van der Waals surface area contributed by atoms with E-state index in [0.29, 0.717) is 0 Å². The fourth-order valence-electron chi connectivity index (χ4n) is 1.95. The van der Waals surface area contributed by atoms with Gasteiger partial charge in [-0.25, -0.2) is 0 Å². The number of hydrogen-bond donors (Lipinski definition) is 0. The average molecular weight is 181 g/mol. The second-order valence-corrected chi connectivity index (χ2v) is 4.11. The molecule has 1 aromatic rings. The van der Waals surface area contributed by atoms with Gasteiger partial charge in [0.1, 0.15) is 0 Å². The summed E-state index contributed by atoms with van der Waals surface area (Å²) in [4.78, 5) is 0. The summed E-state index contributed by atoms with van der Waals surface area (Å²) in [6, 6.07) is 4.36. The van der Waals surface area contributed by atoms with Gasteiger partial charge in [-0.15, -0.1) is 11.6 Å². The van der Waals surface area contributed by atoms with Crippen molar-refractivity contribution in [3.8, 4) is 0 Å². The monoisotopic (exact) mass is 180 g/mol. The summed E-state index contributed by atoms with van der Waals surface area (Å²) in [5.74, 6) is 0. The Hall–Kier alpha value is -0.490. The minimum absolute atomic E-state index is 0.263. The lowest BCUT2D eigenvalue weighted by atomic mass is 10.00. The van der Waals surface area contributed by atoms with Crippen molar-refractivity contribution in [3.63, 3.8) is 0 Å². The first kappa shape index (κ1) is 8.12. The SMILES string of the molecule is Cc1ccc2c(c1C)CCC2Cl. The molecular weight excluding hydrogens is 168 g/mol. The number of rotatable bonds is 0. The van der Waals surface area contributed by atoms with Crippen LogP contribution >= 0.6 is 11.6 Å². The van der Waals surface area contributed by atoms with Crippen molar-refractivity contribution >= 4 is 11.6 Å². The minimum atomic E-state index is 0.263. The summed E-state index contributed by atoms with van der Waals surface area (Å²) in [5, 5.41) is 0.263. The van der Waals surface area contributed by atoms with Crippen LogP contribution in [0.15, 0.2) is 12.1 Å². The summed E-state index contributed by atoms with van der Waals surface area (Å²) in [6.07, 6.45) is 2.28. The molecule has 1 aromatic carbocycles. The first-order valence-electron chi connectivity index (χ1n) is 4.43. The van der Waals surface area contributed by atoms with Crippen LogP contribution in [0.5, 0.6) is 0 Å². The first-order chi connectivity index (χ1) is 5.70. The second kappa shape index (κ2) is 2.77. The van der Waals surface area contributed by atoms with Gasteiger partial charge < -0.3 is 0 Å². The summed E-state index contributed by atoms with van der Waals surface area (Å²) in [7, 11) is 0. The van der Waals surface area contributed by atoms with Crippen LogP contribution in [0.1, 0.15) is 34.1 Å². The van der Waals surface area contributed by atoms with Gasteiger partial charge in [-0.2, -0.15) is 0 Å². The predicted octanol–water partition coefficient (Wildman–Crippen LogP) is 3.53. The minimum Gasteiger partial charge on any atom is -0.118 e. The second-order valence-electron chi connectivity index (χ2n) is 3.58. The third-order valence-corrected chi connectivity index (χ3v) is 3.34. The van der Waals surface area contributed by atoms with E-state index in [1.807, 2.05) is 0 Å². The number of fused-ring (bicyclic) bond motifs is 1. The van der Waals surface area contributed by atoms with E-state index in [2.05, 4.69) is 26.0 Å². The quantitative estimate of drug-likeness (QED) is 0.536. The van der Waals surface area contributed by atoms with Crippen LogP contribution in [-0.2, 0) is 6.42 Å². The Morgan fingerprint density at radius 1 is 1.33 bits per heavy atom. The Labute approximate surface area is 78.6 Å². The zero-order valence-electron chi connectivity index (χ0n) is 7.52. The zero-order chi connectivity index (χ0) is 8.72. The standard InChI is InChI=1S/C11H13Cl/c1-7-3-4-10-9(8(7)2)5-6-11(10)12/h3-4,11H,5-6H2,1-2H3. The third kappa shape index (κ3) is 1.06. The molecule has 64 valence electrons. The molecule has 0 bridgehead atoms. The lowest BCUT2D eigenvalue weighted by Gasteiger charge is -2.07. The van der Waals surface area contributed by atoms with Crippen LogP contribution in [0.4, 0.5) is 0 Å². The molecule has 0 nitrogen and oxygen atoms in total. The first-order valence-corrected chi connectivity index (χ1v) is 4.87. The van der Waals surface area contributed by atoms with Crippen LogP contribution in [-0.4, -0.2) is 0 Å². The van der Waals surface area contributed by atoms with E-state index >= 15 is 0 Å². The largest absolute Gasteiger partial charge is 0.118 e. The summed E-state index contributed by atoms with van der Waals surface area (Å²) in [6.45, 7) is 4.36. The van der Waals surface area contributed by atoms with E-state index in [0.717, 1.165) is 12.8 Å². The molecule has 1 heteroatoms. The third-order valence-electron chi connectivity index (χ3n) is 2.89. The number of halogens is 1. The number of hydrogen-bond acceptors (Lipinski definition) is 0. The molecule has 1 aliphatic carbocycles. The highest BCUT2D eigenvalue weighted by molar-refractivity contribution is 6.21.